The van der Waals surface area contributed by atoms with Crippen LogP contribution in [-0.4, -0.2) is 33.7 Å². The van der Waals surface area contributed by atoms with Crippen molar-refractivity contribution in [1.29, 1.82) is 0 Å². The van der Waals surface area contributed by atoms with Gasteiger partial charge in [0.15, 0.2) is 0 Å². The molecule has 0 amide bonds. The Morgan fingerprint density at radius 1 is 1.17 bits per heavy atom. The molecule has 6 rings (SSSR count). The van der Waals surface area contributed by atoms with Gasteiger partial charge in [-0.1, -0.05) is 54.1 Å². The van der Waals surface area contributed by atoms with Crippen LogP contribution in [0.1, 0.15) is 35.6 Å². The van der Waals surface area contributed by atoms with Crippen LogP contribution in [0.15, 0.2) is 73.4 Å². The first-order chi connectivity index (χ1) is 14.6. The molecule has 4 heterocycles. The van der Waals surface area contributed by atoms with Crippen molar-refractivity contribution < 1.29 is 9.59 Å². The third-order valence-electron chi connectivity index (χ3n) is 7.66. The molecular weight excluding hydrogens is 368 g/mol. The van der Waals surface area contributed by atoms with Crippen molar-refractivity contribution in [1.82, 2.24) is 4.98 Å². The fourth-order valence-corrected chi connectivity index (χ4v) is 6.02. The summed E-state index contributed by atoms with van der Waals surface area (Å²) in [6, 6.07) is 19.3. The lowest BCUT2D eigenvalue weighted by atomic mass is 9.71. The number of para-hydroxylation sites is 1. The van der Waals surface area contributed by atoms with Gasteiger partial charge in [-0.15, -0.1) is 6.58 Å². The van der Waals surface area contributed by atoms with E-state index in [0.717, 1.165) is 47.0 Å². The van der Waals surface area contributed by atoms with Crippen LogP contribution < -0.4 is 0 Å². The van der Waals surface area contributed by atoms with E-state index in [1.165, 1.54) is 17.5 Å². The highest BCUT2D eigenvalue weighted by atomic mass is 16.3. The van der Waals surface area contributed by atoms with E-state index in [1.54, 1.807) is 0 Å². The van der Waals surface area contributed by atoms with Crippen LogP contribution >= 0.6 is 0 Å². The molecule has 154 valence electrons. The molecule has 0 aliphatic carbocycles. The number of aliphatic hydroxyl groups is 1. The van der Waals surface area contributed by atoms with E-state index >= 15 is 0 Å². The van der Waals surface area contributed by atoms with Gasteiger partial charge in [0, 0.05) is 35.9 Å². The van der Waals surface area contributed by atoms with Crippen molar-refractivity contribution in [2.45, 2.75) is 38.5 Å². The zero-order chi connectivity index (χ0) is 20.7. The SMILES string of the molecule is C=CC1C[N+]2(Cc3ccc(C)cc3)CCC1CC2[C@@H](O)c1ccnc2ccccc12. The maximum Gasteiger partial charge on any atom is 0.131 e. The van der Waals surface area contributed by atoms with Gasteiger partial charge in [-0.25, -0.2) is 0 Å². The lowest BCUT2D eigenvalue weighted by molar-refractivity contribution is -0.984. The molecule has 1 N–H and O–H groups in total. The minimum Gasteiger partial charge on any atom is -0.382 e. The first-order valence-electron chi connectivity index (χ1n) is 11.2. The minimum atomic E-state index is -0.489. The number of quaternary nitrogens is 1. The fraction of sp³-hybridized carbons (Fsp3) is 0.370. The average molecular weight is 400 g/mol. The Hall–Kier alpha value is -2.49. The summed E-state index contributed by atoms with van der Waals surface area (Å²) in [5, 5.41) is 12.8. The van der Waals surface area contributed by atoms with Gasteiger partial charge in [-0.05, 0) is 30.5 Å². The summed E-state index contributed by atoms with van der Waals surface area (Å²) in [5.41, 5.74) is 4.63. The van der Waals surface area contributed by atoms with Crippen LogP contribution in [0.5, 0.6) is 0 Å². The molecule has 3 fully saturated rings. The quantitative estimate of drug-likeness (QED) is 0.473. The summed E-state index contributed by atoms with van der Waals surface area (Å²) in [7, 11) is 0. The second-order valence-electron chi connectivity index (χ2n) is 9.38. The predicted molar refractivity (Wildman–Crippen MR) is 122 cm³/mol. The molecule has 1 aromatic heterocycles. The molecule has 0 radical (unpaired) electrons. The molecule has 3 heteroatoms. The number of rotatable bonds is 5. The van der Waals surface area contributed by atoms with Gasteiger partial charge in [-0.2, -0.15) is 0 Å². The monoisotopic (exact) mass is 399 g/mol. The van der Waals surface area contributed by atoms with Crippen LogP contribution in [0, 0.1) is 18.8 Å². The van der Waals surface area contributed by atoms with Crippen LogP contribution in [0.25, 0.3) is 10.9 Å². The van der Waals surface area contributed by atoms with E-state index in [2.05, 4.69) is 54.9 Å². The summed E-state index contributed by atoms with van der Waals surface area (Å²) in [6.45, 7) is 9.46. The van der Waals surface area contributed by atoms with Gasteiger partial charge in [0.25, 0.3) is 0 Å². The van der Waals surface area contributed by atoms with Crippen LogP contribution in [-0.2, 0) is 6.54 Å². The van der Waals surface area contributed by atoms with Crippen molar-refractivity contribution in [3.63, 3.8) is 0 Å². The maximum absolute atomic E-state index is 11.7. The van der Waals surface area contributed by atoms with Crippen molar-refractivity contribution in [2.75, 3.05) is 13.1 Å². The second kappa shape index (κ2) is 7.64. The Morgan fingerprint density at radius 2 is 1.97 bits per heavy atom. The number of benzene rings is 2. The Labute approximate surface area is 179 Å². The summed E-state index contributed by atoms with van der Waals surface area (Å²) in [4.78, 5) is 4.51. The van der Waals surface area contributed by atoms with Gasteiger partial charge in [0.2, 0.25) is 0 Å². The first-order valence-corrected chi connectivity index (χ1v) is 11.2. The number of nitrogens with zero attached hydrogens (tertiary/aromatic N) is 2. The van der Waals surface area contributed by atoms with Gasteiger partial charge < -0.3 is 9.59 Å². The number of aryl methyl sites for hydroxylation is 1. The molecule has 5 atom stereocenters. The number of piperidine rings is 3. The largest absolute Gasteiger partial charge is 0.382 e. The summed E-state index contributed by atoms with van der Waals surface area (Å²) >= 11 is 0. The lowest BCUT2D eigenvalue weighted by Crippen LogP contribution is -2.67. The minimum absolute atomic E-state index is 0.201. The topological polar surface area (TPSA) is 33.1 Å². The van der Waals surface area contributed by atoms with E-state index < -0.39 is 6.10 Å². The van der Waals surface area contributed by atoms with Gasteiger partial charge in [0.05, 0.1) is 18.6 Å². The Morgan fingerprint density at radius 3 is 2.77 bits per heavy atom. The number of hydrogen-bond acceptors (Lipinski definition) is 2. The van der Waals surface area contributed by atoms with Crippen molar-refractivity contribution >= 4 is 10.9 Å². The standard InChI is InChI=1S/C27H31N2O/c1-3-21-18-29(17-20-10-8-19(2)9-11-20)15-13-22(21)16-26(29)27(30)24-12-14-28-25-7-5-4-6-23(24)25/h3-12,14,21-22,26-27,30H,1,13,15-18H2,2H3/q+1/t21?,22?,26?,27-,29?/m0/s1. The molecule has 0 saturated carbocycles. The lowest BCUT2D eigenvalue weighted by Gasteiger charge is -2.58. The van der Waals surface area contributed by atoms with Gasteiger partial charge in [-0.3, -0.25) is 4.98 Å². The van der Waals surface area contributed by atoms with Crippen molar-refractivity contribution in [3.8, 4) is 0 Å². The van der Waals surface area contributed by atoms with E-state index in [1.807, 2.05) is 30.5 Å². The number of pyridine rings is 1. The molecule has 4 unspecified atom stereocenters. The fourth-order valence-electron chi connectivity index (χ4n) is 6.02. The highest BCUT2D eigenvalue weighted by molar-refractivity contribution is 5.82. The first kappa shape index (κ1) is 19.5. The zero-order valence-corrected chi connectivity index (χ0v) is 17.7. The summed E-state index contributed by atoms with van der Waals surface area (Å²) in [6.07, 6.45) is 5.80. The van der Waals surface area contributed by atoms with Crippen molar-refractivity contribution in [3.05, 3.63) is 90.1 Å². The molecule has 0 spiro atoms. The molecule has 30 heavy (non-hydrogen) atoms. The molecular formula is C27H31N2O+. The predicted octanol–water partition coefficient (Wildman–Crippen LogP) is 5.19. The molecule has 3 nitrogen and oxygen atoms in total. The van der Waals surface area contributed by atoms with Crippen molar-refractivity contribution in [2.24, 2.45) is 11.8 Å². The molecule has 3 aromatic rings. The maximum atomic E-state index is 11.7. The normalized spacial score (nSPS) is 29.1. The third-order valence-corrected chi connectivity index (χ3v) is 7.66. The van der Waals surface area contributed by atoms with E-state index in [9.17, 15) is 5.11 Å². The van der Waals surface area contributed by atoms with E-state index in [0.29, 0.717) is 11.8 Å². The molecule has 3 aliphatic heterocycles. The smallest absolute Gasteiger partial charge is 0.131 e. The Kier molecular flexibility index (Phi) is 4.96. The number of hydrogen-bond donors (Lipinski definition) is 1. The van der Waals surface area contributed by atoms with Crippen LogP contribution in [0.2, 0.25) is 0 Å². The Bertz CT molecular complexity index is 1050. The Balaban J connectivity index is 1.55. The van der Waals surface area contributed by atoms with Gasteiger partial charge in [0.1, 0.15) is 18.7 Å². The summed E-state index contributed by atoms with van der Waals surface area (Å²) < 4.78 is 0.952. The third kappa shape index (κ3) is 3.27. The number of fused-ring (bicyclic) bond motifs is 4. The van der Waals surface area contributed by atoms with Crippen LogP contribution in [0.3, 0.4) is 0 Å². The number of aromatic nitrogens is 1. The zero-order valence-electron chi connectivity index (χ0n) is 17.7. The summed E-state index contributed by atoms with van der Waals surface area (Å²) in [5.74, 6) is 1.18. The molecule has 2 bridgehead atoms. The number of aliphatic hydroxyl groups excluding tert-OH is 1. The van der Waals surface area contributed by atoms with E-state index in [-0.39, 0.29) is 6.04 Å². The average Bonchev–Trinajstić information content (AvgIpc) is 2.79. The highest BCUT2D eigenvalue weighted by Crippen LogP contribution is 2.48. The second-order valence-corrected chi connectivity index (χ2v) is 9.38. The highest BCUT2D eigenvalue weighted by Gasteiger charge is 2.53. The van der Waals surface area contributed by atoms with Gasteiger partial charge >= 0.3 is 0 Å². The molecule has 3 saturated heterocycles. The molecule has 3 aliphatic rings. The molecule has 2 aromatic carbocycles. The van der Waals surface area contributed by atoms with E-state index in [4.69, 9.17) is 0 Å². The van der Waals surface area contributed by atoms with Crippen LogP contribution in [0.4, 0.5) is 0 Å².